The molecular formula is C16H12O. The minimum atomic E-state index is 0.902. The second kappa shape index (κ2) is 3.95. The Balaban J connectivity index is 2.14. The molecule has 0 atom stereocenters. The molecular weight excluding hydrogens is 208 g/mol. The summed E-state index contributed by atoms with van der Waals surface area (Å²) in [4.78, 5) is 0. The summed E-state index contributed by atoms with van der Waals surface area (Å²) in [5.41, 5.74) is 4.08. The number of furan rings is 1. The van der Waals surface area contributed by atoms with Gasteiger partial charge in [0.05, 0.1) is 6.26 Å². The predicted molar refractivity (Wildman–Crippen MR) is 70.8 cm³/mol. The highest BCUT2D eigenvalue weighted by atomic mass is 16.3. The Morgan fingerprint density at radius 1 is 0.882 bits per heavy atom. The lowest BCUT2D eigenvalue weighted by molar-refractivity contribution is 0.615. The minimum Gasteiger partial charge on any atom is -0.464 e. The topological polar surface area (TPSA) is 13.1 Å². The Hall–Kier alpha value is -2.28. The quantitative estimate of drug-likeness (QED) is 0.620. The van der Waals surface area contributed by atoms with Crippen molar-refractivity contribution < 1.29 is 4.42 Å². The zero-order chi connectivity index (χ0) is 11.7. The van der Waals surface area contributed by atoms with Gasteiger partial charge in [0.2, 0.25) is 0 Å². The molecule has 0 aliphatic heterocycles. The van der Waals surface area contributed by atoms with Crippen molar-refractivity contribution in [2.45, 2.75) is 0 Å². The molecule has 3 rings (SSSR count). The van der Waals surface area contributed by atoms with Crippen molar-refractivity contribution in [3.63, 3.8) is 0 Å². The van der Waals surface area contributed by atoms with Crippen molar-refractivity contribution in [3.05, 3.63) is 78.6 Å². The van der Waals surface area contributed by atoms with Crippen LogP contribution in [0.3, 0.4) is 0 Å². The van der Waals surface area contributed by atoms with Crippen LogP contribution in [0.15, 0.2) is 71.9 Å². The van der Waals surface area contributed by atoms with Gasteiger partial charge in [-0.1, -0.05) is 55.1 Å². The maximum Gasteiger partial charge on any atom is 0.134 e. The Morgan fingerprint density at radius 2 is 1.59 bits per heavy atom. The third-order valence-electron chi connectivity index (χ3n) is 2.93. The lowest BCUT2D eigenvalue weighted by Crippen LogP contribution is -1.83. The summed E-state index contributed by atoms with van der Waals surface area (Å²) in [5, 5.41) is 1.11. The van der Waals surface area contributed by atoms with Crippen LogP contribution in [0.2, 0.25) is 0 Å². The number of rotatable bonds is 2. The lowest BCUT2D eigenvalue weighted by atomic mass is 9.99. The third-order valence-corrected chi connectivity index (χ3v) is 2.93. The Kier molecular flexibility index (Phi) is 2.30. The van der Waals surface area contributed by atoms with Crippen LogP contribution in [0.1, 0.15) is 11.1 Å². The van der Waals surface area contributed by atoms with E-state index in [1.165, 1.54) is 0 Å². The van der Waals surface area contributed by atoms with E-state index in [1.807, 2.05) is 36.4 Å². The van der Waals surface area contributed by atoms with Gasteiger partial charge in [-0.15, -0.1) is 0 Å². The van der Waals surface area contributed by atoms with E-state index in [-0.39, 0.29) is 0 Å². The summed E-state index contributed by atoms with van der Waals surface area (Å²) >= 11 is 0. The number of para-hydroxylation sites is 1. The van der Waals surface area contributed by atoms with Gasteiger partial charge in [0.1, 0.15) is 5.58 Å². The Morgan fingerprint density at radius 3 is 2.41 bits per heavy atom. The maximum absolute atomic E-state index is 5.53. The standard InChI is InChI=1S/C16H12O/c1-12(13-7-3-2-4-8-13)15-11-17-16-10-6-5-9-14(15)16/h2-11H,1H2. The molecule has 0 amide bonds. The molecule has 3 aromatic rings. The molecule has 1 heteroatoms. The molecule has 0 spiro atoms. The first kappa shape index (κ1) is 9.91. The highest BCUT2D eigenvalue weighted by molar-refractivity contribution is 5.94. The predicted octanol–water partition coefficient (Wildman–Crippen LogP) is 4.49. The van der Waals surface area contributed by atoms with Gasteiger partial charge in [0, 0.05) is 10.9 Å². The van der Waals surface area contributed by atoms with Crippen LogP contribution < -0.4 is 0 Å². The number of fused-ring (bicyclic) bond motifs is 1. The summed E-state index contributed by atoms with van der Waals surface area (Å²) in [7, 11) is 0. The first-order valence-corrected chi connectivity index (χ1v) is 5.57. The minimum absolute atomic E-state index is 0.902. The van der Waals surface area contributed by atoms with E-state index >= 15 is 0 Å². The van der Waals surface area contributed by atoms with Crippen molar-refractivity contribution in [2.75, 3.05) is 0 Å². The van der Waals surface area contributed by atoms with Crippen LogP contribution in [0.25, 0.3) is 16.5 Å². The molecule has 0 saturated carbocycles. The molecule has 0 unspecified atom stereocenters. The number of hydrogen-bond acceptors (Lipinski definition) is 1. The average Bonchev–Trinajstić information content (AvgIpc) is 2.83. The number of hydrogen-bond donors (Lipinski definition) is 0. The molecule has 0 fully saturated rings. The zero-order valence-electron chi connectivity index (χ0n) is 9.39. The SMILES string of the molecule is C=C(c1ccccc1)c1coc2ccccc12. The molecule has 0 N–H and O–H groups in total. The summed E-state index contributed by atoms with van der Waals surface area (Å²) < 4.78 is 5.53. The molecule has 0 aliphatic carbocycles. The average molecular weight is 220 g/mol. The van der Waals surface area contributed by atoms with E-state index in [2.05, 4.69) is 24.8 Å². The van der Waals surface area contributed by atoms with E-state index in [9.17, 15) is 0 Å². The van der Waals surface area contributed by atoms with Crippen LogP contribution in [0.4, 0.5) is 0 Å². The fraction of sp³-hybridized carbons (Fsp3) is 0. The third kappa shape index (κ3) is 1.66. The van der Waals surface area contributed by atoms with Crippen molar-refractivity contribution in [1.82, 2.24) is 0 Å². The monoisotopic (exact) mass is 220 g/mol. The normalized spacial score (nSPS) is 10.6. The fourth-order valence-electron chi connectivity index (χ4n) is 2.01. The van der Waals surface area contributed by atoms with Gasteiger partial charge in [-0.05, 0) is 17.2 Å². The van der Waals surface area contributed by atoms with E-state index in [0.717, 1.165) is 27.7 Å². The van der Waals surface area contributed by atoms with Crippen LogP contribution >= 0.6 is 0 Å². The van der Waals surface area contributed by atoms with Gasteiger partial charge < -0.3 is 4.42 Å². The van der Waals surface area contributed by atoms with Gasteiger partial charge in [0.25, 0.3) is 0 Å². The van der Waals surface area contributed by atoms with Crippen molar-refractivity contribution in [1.29, 1.82) is 0 Å². The summed E-state index contributed by atoms with van der Waals surface area (Å²) in [6.07, 6.45) is 1.78. The molecule has 0 radical (unpaired) electrons. The fourth-order valence-corrected chi connectivity index (χ4v) is 2.01. The highest BCUT2D eigenvalue weighted by Gasteiger charge is 2.09. The van der Waals surface area contributed by atoms with E-state index in [0.29, 0.717) is 0 Å². The molecule has 0 saturated heterocycles. The van der Waals surface area contributed by atoms with Crippen LogP contribution in [-0.4, -0.2) is 0 Å². The summed E-state index contributed by atoms with van der Waals surface area (Å²) in [5.74, 6) is 0. The van der Waals surface area contributed by atoms with Crippen LogP contribution in [-0.2, 0) is 0 Å². The lowest BCUT2D eigenvalue weighted by Gasteiger charge is -2.03. The van der Waals surface area contributed by atoms with Gasteiger partial charge in [-0.25, -0.2) is 0 Å². The van der Waals surface area contributed by atoms with E-state index in [4.69, 9.17) is 4.42 Å². The summed E-state index contributed by atoms with van der Waals surface area (Å²) in [6.45, 7) is 4.16. The summed E-state index contributed by atoms with van der Waals surface area (Å²) in [6, 6.07) is 18.2. The second-order valence-corrected chi connectivity index (χ2v) is 3.99. The molecule has 1 heterocycles. The smallest absolute Gasteiger partial charge is 0.134 e. The van der Waals surface area contributed by atoms with Crippen molar-refractivity contribution in [2.24, 2.45) is 0 Å². The largest absolute Gasteiger partial charge is 0.464 e. The van der Waals surface area contributed by atoms with Gasteiger partial charge in [-0.3, -0.25) is 0 Å². The van der Waals surface area contributed by atoms with Gasteiger partial charge >= 0.3 is 0 Å². The van der Waals surface area contributed by atoms with E-state index < -0.39 is 0 Å². The van der Waals surface area contributed by atoms with Crippen molar-refractivity contribution >= 4 is 16.5 Å². The second-order valence-electron chi connectivity index (χ2n) is 3.99. The van der Waals surface area contributed by atoms with Gasteiger partial charge in [0.15, 0.2) is 0 Å². The van der Waals surface area contributed by atoms with Crippen LogP contribution in [0, 0.1) is 0 Å². The van der Waals surface area contributed by atoms with E-state index in [1.54, 1.807) is 6.26 Å². The molecule has 2 aromatic carbocycles. The molecule has 1 nitrogen and oxygen atoms in total. The first-order chi connectivity index (χ1) is 8.36. The Bertz CT molecular complexity index is 662. The van der Waals surface area contributed by atoms with Crippen LogP contribution in [0.5, 0.6) is 0 Å². The first-order valence-electron chi connectivity index (χ1n) is 5.57. The number of benzene rings is 2. The molecule has 82 valence electrons. The van der Waals surface area contributed by atoms with Gasteiger partial charge in [-0.2, -0.15) is 0 Å². The molecule has 1 aromatic heterocycles. The molecule has 0 aliphatic rings. The molecule has 17 heavy (non-hydrogen) atoms. The zero-order valence-corrected chi connectivity index (χ0v) is 9.39. The van der Waals surface area contributed by atoms with Crippen molar-refractivity contribution in [3.8, 4) is 0 Å². The maximum atomic E-state index is 5.53. The molecule has 0 bridgehead atoms. The highest BCUT2D eigenvalue weighted by Crippen LogP contribution is 2.29. The Labute approximate surface area is 100 Å².